The van der Waals surface area contributed by atoms with E-state index in [1.807, 2.05) is 0 Å². The molecule has 0 saturated heterocycles. The average Bonchev–Trinajstić information content (AvgIpc) is 2.81. The normalized spacial score (nSPS) is 10.2. The van der Waals surface area contributed by atoms with Crippen molar-refractivity contribution in [3.8, 4) is 11.5 Å². The molecule has 10 heteroatoms. The van der Waals surface area contributed by atoms with Crippen LogP contribution < -0.4 is 15.4 Å². The van der Waals surface area contributed by atoms with Crippen LogP contribution in [-0.2, 0) is 20.9 Å². The Balaban J connectivity index is 1.42. The Morgan fingerprint density at radius 3 is 2.52 bits per heavy atom. The molecule has 2 amide bonds. The van der Waals surface area contributed by atoms with Gasteiger partial charge in [0.15, 0.2) is 0 Å². The molecule has 0 aliphatic rings. The van der Waals surface area contributed by atoms with E-state index in [-0.39, 0.29) is 30.3 Å². The van der Waals surface area contributed by atoms with E-state index in [0.717, 1.165) is 0 Å². The number of nitrogens with one attached hydrogen (secondary N) is 2. The minimum atomic E-state index is -0.647. The molecular formula is C23H19Cl2N3O5. The molecule has 0 aliphatic carbocycles. The summed E-state index contributed by atoms with van der Waals surface area (Å²) in [6.07, 6.45) is 3.20. The number of esters is 1. The summed E-state index contributed by atoms with van der Waals surface area (Å²) in [5.74, 6) is -0.687. The lowest BCUT2D eigenvalue weighted by Gasteiger charge is -2.12. The van der Waals surface area contributed by atoms with Gasteiger partial charge < -0.3 is 20.1 Å². The van der Waals surface area contributed by atoms with Gasteiger partial charge in [0.2, 0.25) is 5.91 Å². The molecule has 2 N–H and O–H groups in total. The van der Waals surface area contributed by atoms with Crippen LogP contribution in [0.15, 0.2) is 67.0 Å². The van der Waals surface area contributed by atoms with Crippen LogP contribution in [0.25, 0.3) is 0 Å². The number of hydrogen-bond acceptors (Lipinski definition) is 6. The first-order chi connectivity index (χ1) is 15.9. The van der Waals surface area contributed by atoms with Gasteiger partial charge in [-0.1, -0.05) is 41.4 Å². The van der Waals surface area contributed by atoms with Crippen LogP contribution in [-0.4, -0.2) is 35.9 Å². The summed E-state index contributed by atoms with van der Waals surface area (Å²) in [5, 5.41) is 5.35. The zero-order valence-electron chi connectivity index (χ0n) is 17.2. The highest BCUT2D eigenvalue weighted by atomic mass is 35.5. The quantitative estimate of drug-likeness (QED) is 0.445. The minimum absolute atomic E-state index is 0.0447. The Hall–Kier alpha value is -3.62. The zero-order valence-corrected chi connectivity index (χ0v) is 18.7. The number of hydrogen-bond donors (Lipinski definition) is 2. The molecule has 0 aliphatic heterocycles. The number of rotatable bonds is 9. The average molecular weight is 488 g/mol. The van der Waals surface area contributed by atoms with Gasteiger partial charge in [-0.2, -0.15) is 0 Å². The molecule has 0 saturated carbocycles. The lowest BCUT2D eigenvalue weighted by atomic mass is 10.2. The van der Waals surface area contributed by atoms with E-state index < -0.39 is 17.8 Å². The molecule has 2 aromatic carbocycles. The fourth-order valence-corrected chi connectivity index (χ4v) is 3.12. The summed E-state index contributed by atoms with van der Waals surface area (Å²) in [4.78, 5) is 40.1. The Morgan fingerprint density at radius 2 is 1.76 bits per heavy atom. The molecule has 3 rings (SSSR count). The molecule has 0 spiro atoms. The molecule has 1 aromatic heterocycles. The molecule has 3 aromatic rings. The third-order valence-electron chi connectivity index (χ3n) is 4.24. The molecule has 0 radical (unpaired) electrons. The van der Waals surface area contributed by atoms with Gasteiger partial charge in [0.25, 0.3) is 5.91 Å². The van der Waals surface area contributed by atoms with Crippen molar-refractivity contribution in [1.82, 2.24) is 15.6 Å². The number of carbonyl (C=O) groups is 3. The number of amides is 2. The standard InChI is InChI=1S/C23H19Cl2N3O5/c24-16-7-8-18(19(25)10-16)23(31)28-12-21(29)27-13-22(30)32-14-15-4-1-2-6-20(15)33-17-5-3-9-26-11-17/h1-11H,12-14H2,(H,27,29)(H,28,31). The van der Waals surface area contributed by atoms with Crippen LogP contribution in [0.4, 0.5) is 0 Å². The van der Waals surface area contributed by atoms with Crippen LogP contribution in [0.3, 0.4) is 0 Å². The summed E-state index contributed by atoms with van der Waals surface area (Å²) in [6.45, 7) is -0.744. The van der Waals surface area contributed by atoms with Gasteiger partial charge in [-0.15, -0.1) is 0 Å². The van der Waals surface area contributed by atoms with Crippen LogP contribution in [0.5, 0.6) is 11.5 Å². The Labute approximate surface area is 199 Å². The number of nitrogens with zero attached hydrogens (tertiary/aromatic N) is 1. The maximum absolute atomic E-state index is 12.1. The molecule has 170 valence electrons. The molecule has 8 nitrogen and oxygen atoms in total. The van der Waals surface area contributed by atoms with E-state index in [9.17, 15) is 14.4 Å². The fourth-order valence-electron chi connectivity index (χ4n) is 2.63. The third-order valence-corrected chi connectivity index (χ3v) is 4.79. The molecule has 0 bridgehead atoms. The minimum Gasteiger partial charge on any atom is -0.459 e. The monoisotopic (exact) mass is 487 g/mol. The number of carbonyl (C=O) groups excluding carboxylic acids is 3. The molecule has 0 unspecified atom stereocenters. The second-order valence-electron chi connectivity index (χ2n) is 6.64. The summed E-state index contributed by atoms with van der Waals surface area (Å²) < 4.78 is 11.0. The van der Waals surface area contributed by atoms with Gasteiger partial charge in [0.1, 0.15) is 24.7 Å². The maximum atomic E-state index is 12.1. The van der Waals surface area contributed by atoms with Crippen molar-refractivity contribution in [3.05, 3.63) is 88.2 Å². The molecule has 33 heavy (non-hydrogen) atoms. The van der Waals surface area contributed by atoms with E-state index in [1.165, 1.54) is 18.2 Å². The predicted molar refractivity (Wildman–Crippen MR) is 122 cm³/mol. The molecule has 1 heterocycles. The SMILES string of the molecule is O=C(CNC(=O)c1ccc(Cl)cc1Cl)NCC(=O)OCc1ccccc1Oc1cccnc1. The van der Waals surface area contributed by atoms with Crippen molar-refractivity contribution in [1.29, 1.82) is 0 Å². The first-order valence-corrected chi connectivity index (χ1v) is 10.5. The summed E-state index contributed by atoms with van der Waals surface area (Å²) >= 11 is 11.8. The Bertz CT molecular complexity index is 1140. The van der Waals surface area contributed by atoms with Crippen molar-refractivity contribution in [2.24, 2.45) is 0 Å². The maximum Gasteiger partial charge on any atom is 0.325 e. The summed E-state index contributed by atoms with van der Waals surface area (Å²) in [7, 11) is 0. The number of benzene rings is 2. The number of para-hydroxylation sites is 1. The second-order valence-corrected chi connectivity index (χ2v) is 7.49. The van der Waals surface area contributed by atoms with Gasteiger partial charge in [0.05, 0.1) is 23.3 Å². The Kier molecular flexibility index (Phi) is 8.63. The van der Waals surface area contributed by atoms with Gasteiger partial charge in [-0.25, -0.2) is 0 Å². The zero-order chi connectivity index (χ0) is 23.6. The van der Waals surface area contributed by atoms with Gasteiger partial charge in [-0.05, 0) is 36.4 Å². The van der Waals surface area contributed by atoms with Crippen LogP contribution >= 0.6 is 23.2 Å². The highest BCUT2D eigenvalue weighted by Gasteiger charge is 2.13. The lowest BCUT2D eigenvalue weighted by Crippen LogP contribution is -2.39. The number of pyridine rings is 1. The lowest BCUT2D eigenvalue weighted by molar-refractivity contribution is -0.145. The van der Waals surface area contributed by atoms with E-state index in [2.05, 4.69) is 15.6 Å². The summed E-state index contributed by atoms with van der Waals surface area (Å²) in [6, 6.07) is 15.0. The third kappa shape index (κ3) is 7.48. The number of halogens is 2. The molecule has 0 fully saturated rings. The van der Waals surface area contributed by atoms with Crippen molar-refractivity contribution in [3.63, 3.8) is 0 Å². The first kappa shape index (κ1) is 24.0. The Morgan fingerprint density at radius 1 is 0.939 bits per heavy atom. The van der Waals surface area contributed by atoms with E-state index >= 15 is 0 Å². The highest BCUT2D eigenvalue weighted by molar-refractivity contribution is 6.36. The van der Waals surface area contributed by atoms with E-state index in [0.29, 0.717) is 22.1 Å². The van der Waals surface area contributed by atoms with Crippen molar-refractivity contribution in [2.45, 2.75) is 6.61 Å². The molecule has 0 atom stereocenters. The van der Waals surface area contributed by atoms with Crippen LogP contribution in [0.1, 0.15) is 15.9 Å². The predicted octanol–water partition coefficient (Wildman–Crippen LogP) is 3.77. The van der Waals surface area contributed by atoms with Gasteiger partial charge in [0, 0.05) is 16.8 Å². The van der Waals surface area contributed by atoms with Crippen LogP contribution in [0.2, 0.25) is 10.0 Å². The second kappa shape index (κ2) is 11.8. The summed E-state index contributed by atoms with van der Waals surface area (Å²) in [5.41, 5.74) is 0.827. The van der Waals surface area contributed by atoms with Crippen LogP contribution in [0, 0.1) is 0 Å². The van der Waals surface area contributed by atoms with E-state index in [4.69, 9.17) is 32.7 Å². The van der Waals surface area contributed by atoms with Crippen molar-refractivity contribution < 1.29 is 23.9 Å². The smallest absolute Gasteiger partial charge is 0.325 e. The topological polar surface area (TPSA) is 107 Å². The largest absolute Gasteiger partial charge is 0.459 e. The molecular weight excluding hydrogens is 469 g/mol. The number of ether oxygens (including phenoxy) is 2. The van der Waals surface area contributed by atoms with E-state index in [1.54, 1.807) is 48.8 Å². The highest BCUT2D eigenvalue weighted by Crippen LogP contribution is 2.25. The number of aromatic nitrogens is 1. The fraction of sp³-hybridized carbons (Fsp3) is 0.130. The van der Waals surface area contributed by atoms with Crippen molar-refractivity contribution >= 4 is 41.0 Å². The van der Waals surface area contributed by atoms with Gasteiger partial charge >= 0.3 is 5.97 Å². The first-order valence-electron chi connectivity index (χ1n) is 9.73. The van der Waals surface area contributed by atoms with Crippen molar-refractivity contribution in [2.75, 3.05) is 13.1 Å². The van der Waals surface area contributed by atoms with Gasteiger partial charge in [-0.3, -0.25) is 19.4 Å².